The molecular weight excluding hydrogens is 412 g/mol. The molecule has 2 fully saturated rings. The molecule has 1 N–H and O–H groups in total. The van der Waals surface area contributed by atoms with Crippen molar-refractivity contribution >= 4 is 27.9 Å². The van der Waals surface area contributed by atoms with Gasteiger partial charge in [0.25, 0.3) is 0 Å². The Bertz CT molecular complexity index is 1020. The Balaban J connectivity index is 1.54. The number of halogens is 1. The zero-order valence-electron chi connectivity index (χ0n) is 16.2. The lowest BCUT2D eigenvalue weighted by atomic mass is 9.97. The van der Waals surface area contributed by atoms with E-state index >= 15 is 0 Å². The van der Waals surface area contributed by atoms with Crippen molar-refractivity contribution < 1.29 is 14.6 Å². The minimum atomic E-state index is -0.453. The Kier molecular flexibility index (Phi) is 4.99. The third-order valence-corrected chi connectivity index (χ3v) is 7.16. The molecule has 5 rings (SSSR count). The minimum Gasteiger partial charge on any atom is -0.492 e. The molecule has 1 spiro atoms. The summed E-state index contributed by atoms with van der Waals surface area (Å²) in [4.78, 5) is 8.37. The second-order valence-corrected chi connectivity index (χ2v) is 8.85. The molecule has 2 saturated heterocycles. The lowest BCUT2D eigenvalue weighted by Crippen LogP contribution is -2.46. The first-order valence-electron chi connectivity index (χ1n) is 9.94. The molecule has 1 aromatic carbocycles. The van der Waals surface area contributed by atoms with Crippen molar-refractivity contribution in [1.82, 2.24) is 19.5 Å². The van der Waals surface area contributed by atoms with E-state index < -0.39 is 5.79 Å². The summed E-state index contributed by atoms with van der Waals surface area (Å²) in [6.07, 6.45) is 2.30. The van der Waals surface area contributed by atoms with Crippen molar-refractivity contribution in [2.75, 3.05) is 26.3 Å². The standard InChI is InChI=1S/C20H23ClN4O3S/c1-2-15-22-19-25(23-15)18(26)17(29-19)16(13-5-3-4-6-14(13)21)24-9-7-20(8-10-24)27-11-12-28-20/h3-6,16,26H,2,7-12H2,1H3. The zero-order valence-corrected chi connectivity index (χ0v) is 17.7. The number of ether oxygens (including phenoxy) is 2. The second kappa shape index (κ2) is 7.52. The van der Waals surface area contributed by atoms with Crippen LogP contribution in [-0.4, -0.2) is 56.7 Å². The average molecular weight is 435 g/mol. The average Bonchev–Trinajstić information content (AvgIpc) is 3.43. The number of hydrogen-bond acceptors (Lipinski definition) is 7. The van der Waals surface area contributed by atoms with Crippen molar-refractivity contribution in [3.05, 3.63) is 45.6 Å². The van der Waals surface area contributed by atoms with Crippen molar-refractivity contribution in [2.24, 2.45) is 0 Å². The maximum atomic E-state index is 11.0. The SMILES string of the molecule is CCc1nc2sc(C(c3ccccc3Cl)N3CCC4(CC3)OCCO4)c(O)n2n1. The normalized spacial score (nSPS) is 20.6. The molecule has 0 aliphatic carbocycles. The maximum Gasteiger partial charge on any atom is 0.230 e. The van der Waals surface area contributed by atoms with Gasteiger partial charge in [0.2, 0.25) is 10.8 Å². The van der Waals surface area contributed by atoms with Crippen LogP contribution in [0.15, 0.2) is 24.3 Å². The molecule has 29 heavy (non-hydrogen) atoms. The molecule has 1 unspecified atom stereocenters. The predicted molar refractivity (Wildman–Crippen MR) is 111 cm³/mol. The quantitative estimate of drug-likeness (QED) is 0.675. The first-order valence-corrected chi connectivity index (χ1v) is 11.1. The van der Waals surface area contributed by atoms with E-state index in [9.17, 15) is 5.11 Å². The molecule has 0 bridgehead atoms. The van der Waals surface area contributed by atoms with Gasteiger partial charge < -0.3 is 14.6 Å². The van der Waals surface area contributed by atoms with E-state index in [1.165, 1.54) is 15.9 Å². The monoisotopic (exact) mass is 434 g/mol. The highest BCUT2D eigenvalue weighted by atomic mass is 35.5. The summed E-state index contributed by atoms with van der Waals surface area (Å²) in [6, 6.07) is 7.63. The Morgan fingerprint density at radius 2 is 1.97 bits per heavy atom. The van der Waals surface area contributed by atoms with Gasteiger partial charge in [-0.15, -0.1) is 5.10 Å². The highest BCUT2D eigenvalue weighted by molar-refractivity contribution is 7.17. The zero-order chi connectivity index (χ0) is 20.0. The molecule has 0 saturated carbocycles. The third kappa shape index (κ3) is 3.33. The summed E-state index contributed by atoms with van der Waals surface area (Å²) in [7, 11) is 0. The van der Waals surface area contributed by atoms with Gasteiger partial charge in [-0.3, -0.25) is 4.90 Å². The topological polar surface area (TPSA) is 72.1 Å². The molecule has 2 aliphatic heterocycles. The second-order valence-electron chi connectivity index (χ2n) is 7.43. The summed E-state index contributed by atoms with van der Waals surface area (Å²) in [5, 5.41) is 16.1. The van der Waals surface area contributed by atoms with Gasteiger partial charge in [-0.25, -0.2) is 4.98 Å². The molecule has 9 heteroatoms. The van der Waals surface area contributed by atoms with Crippen LogP contribution >= 0.6 is 22.9 Å². The van der Waals surface area contributed by atoms with E-state index in [1.807, 2.05) is 31.2 Å². The Morgan fingerprint density at radius 3 is 2.62 bits per heavy atom. The number of fused-ring (bicyclic) bond motifs is 1. The van der Waals surface area contributed by atoms with E-state index in [0.717, 1.165) is 48.6 Å². The lowest BCUT2D eigenvalue weighted by Gasteiger charge is -2.41. The predicted octanol–water partition coefficient (Wildman–Crippen LogP) is 3.64. The highest BCUT2D eigenvalue weighted by Gasteiger charge is 2.42. The molecule has 2 aliphatic rings. The van der Waals surface area contributed by atoms with Gasteiger partial charge in [0.15, 0.2) is 11.6 Å². The summed E-state index contributed by atoms with van der Waals surface area (Å²) in [5.74, 6) is 0.407. The Hall–Kier alpha value is -1.71. The number of likely N-dealkylation sites (tertiary alicyclic amines) is 1. The van der Waals surface area contributed by atoms with Crippen molar-refractivity contribution in [3.8, 4) is 5.88 Å². The summed E-state index contributed by atoms with van der Waals surface area (Å²) >= 11 is 8.06. The third-order valence-electron chi connectivity index (χ3n) is 5.75. The number of benzene rings is 1. The van der Waals surface area contributed by atoms with Crippen LogP contribution in [0.25, 0.3) is 4.96 Å². The lowest BCUT2D eigenvalue weighted by molar-refractivity contribution is -0.187. The van der Waals surface area contributed by atoms with Crippen LogP contribution in [0.5, 0.6) is 5.88 Å². The number of aromatic hydroxyl groups is 1. The number of nitrogens with zero attached hydrogens (tertiary/aromatic N) is 4. The summed E-state index contributed by atoms with van der Waals surface area (Å²) in [6.45, 7) is 4.87. The first kappa shape index (κ1) is 19.3. The number of aromatic nitrogens is 3. The van der Waals surface area contributed by atoms with Gasteiger partial charge >= 0.3 is 0 Å². The largest absolute Gasteiger partial charge is 0.492 e. The fraction of sp³-hybridized carbons (Fsp3) is 0.500. The molecule has 3 aromatic rings. The van der Waals surface area contributed by atoms with Crippen LogP contribution in [0, 0.1) is 0 Å². The number of hydrogen-bond donors (Lipinski definition) is 1. The molecule has 1 atom stereocenters. The van der Waals surface area contributed by atoms with Gasteiger partial charge in [0, 0.05) is 37.4 Å². The smallest absolute Gasteiger partial charge is 0.230 e. The minimum absolute atomic E-state index is 0.135. The van der Waals surface area contributed by atoms with E-state index in [1.54, 1.807) is 0 Å². The maximum absolute atomic E-state index is 11.0. The van der Waals surface area contributed by atoms with Crippen molar-refractivity contribution in [2.45, 2.75) is 38.0 Å². The highest BCUT2D eigenvalue weighted by Crippen LogP contribution is 2.44. The van der Waals surface area contributed by atoms with Crippen LogP contribution in [0.4, 0.5) is 0 Å². The molecule has 0 amide bonds. The number of piperidine rings is 1. The van der Waals surface area contributed by atoms with E-state index in [2.05, 4.69) is 15.0 Å². The van der Waals surface area contributed by atoms with E-state index in [-0.39, 0.29) is 11.9 Å². The van der Waals surface area contributed by atoms with Crippen LogP contribution < -0.4 is 0 Å². The number of aryl methyl sites for hydroxylation is 1. The summed E-state index contributed by atoms with van der Waals surface area (Å²) in [5.41, 5.74) is 0.967. The van der Waals surface area contributed by atoms with E-state index in [4.69, 9.17) is 21.1 Å². The van der Waals surface area contributed by atoms with Crippen LogP contribution in [0.3, 0.4) is 0 Å². The molecule has 4 heterocycles. The Morgan fingerprint density at radius 1 is 1.24 bits per heavy atom. The fourth-order valence-corrected chi connectivity index (χ4v) is 5.59. The van der Waals surface area contributed by atoms with Crippen molar-refractivity contribution in [1.29, 1.82) is 0 Å². The molecule has 7 nitrogen and oxygen atoms in total. The van der Waals surface area contributed by atoms with Crippen molar-refractivity contribution in [3.63, 3.8) is 0 Å². The van der Waals surface area contributed by atoms with Gasteiger partial charge in [0.05, 0.1) is 24.1 Å². The first-order chi connectivity index (χ1) is 14.1. The van der Waals surface area contributed by atoms with Gasteiger partial charge in [0.1, 0.15) is 0 Å². The van der Waals surface area contributed by atoms with Gasteiger partial charge in [-0.2, -0.15) is 4.52 Å². The van der Waals surface area contributed by atoms with Gasteiger partial charge in [-0.05, 0) is 11.6 Å². The van der Waals surface area contributed by atoms with E-state index in [0.29, 0.717) is 23.2 Å². The number of rotatable bonds is 4. The Labute approximate surface area is 177 Å². The summed E-state index contributed by atoms with van der Waals surface area (Å²) < 4.78 is 13.3. The number of thiazole rings is 1. The van der Waals surface area contributed by atoms with Crippen LogP contribution in [0.1, 0.15) is 42.1 Å². The fourth-order valence-electron chi connectivity index (χ4n) is 4.23. The molecular formula is C20H23ClN4O3S. The molecule has 154 valence electrons. The van der Waals surface area contributed by atoms with Gasteiger partial charge in [-0.1, -0.05) is 48.1 Å². The van der Waals surface area contributed by atoms with Crippen LogP contribution in [-0.2, 0) is 15.9 Å². The molecule has 2 aromatic heterocycles. The van der Waals surface area contributed by atoms with Crippen LogP contribution in [0.2, 0.25) is 5.02 Å². The molecule has 0 radical (unpaired) electrons.